The molecular weight excluding hydrogens is 190 g/mol. The largest absolute Gasteiger partial charge is 0.478 e. The molecule has 1 unspecified atom stereocenters. The fraction of sp³-hybridized carbons (Fsp3) is 0.125. The van der Waals surface area contributed by atoms with E-state index in [2.05, 4.69) is 0 Å². The van der Waals surface area contributed by atoms with E-state index in [-0.39, 0.29) is 5.56 Å². The van der Waals surface area contributed by atoms with Gasteiger partial charge >= 0.3 is 5.97 Å². The molecule has 1 rings (SSSR count). The molecule has 4 nitrogen and oxygen atoms in total. The molecule has 0 radical (unpaired) electrons. The van der Waals surface area contributed by atoms with E-state index in [1.54, 1.807) is 0 Å². The van der Waals surface area contributed by atoms with Gasteiger partial charge in [0.2, 0.25) is 0 Å². The third kappa shape index (κ3) is 2.29. The monoisotopic (exact) mass is 199 g/mol. The summed E-state index contributed by atoms with van der Waals surface area (Å²) in [4.78, 5) is 10.8. The number of carbonyl (C=O) groups is 1. The quantitative estimate of drug-likeness (QED) is 0.756. The highest BCUT2D eigenvalue weighted by atomic mass is 32.2. The molecule has 0 fully saturated rings. The van der Waals surface area contributed by atoms with E-state index in [4.69, 9.17) is 9.89 Å². The molecule has 0 amide bonds. The van der Waals surface area contributed by atoms with Crippen LogP contribution in [0.4, 0.5) is 0 Å². The minimum Gasteiger partial charge on any atom is -0.478 e. The van der Waals surface area contributed by atoms with Crippen LogP contribution in [0.2, 0.25) is 0 Å². The molecule has 0 aromatic heterocycles. The molecule has 1 atom stereocenters. The van der Waals surface area contributed by atoms with E-state index in [9.17, 15) is 9.00 Å². The predicted octanol–water partition coefficient (Wildman–Crippen LogP) is 1.42. The lowest BCUT2D eigenvalue weighted by Crippen LogP contribution is -1.98. The Labute approximate surface area is 76.2 Å². The van der Waals surface area contributed by atoms with Crippen LogP contribution < -0.4 is 0 Å². The van der Waals surface area contributed by atoms with Gasteiger partial charge in [0.1, 0.15) is 0 Å². The molecule has 0 saturated carbocycles. The van der Waals surface area contributed by atoms with Crippen molar-refractivity contribution in [3.63, 3.8) is 0 Å². The fourth-order valence-electron chi connectivity index (χ4n) is 0.857. The smallest absolute Gasteiger partial charge is 0.335 e. The molecule has 0 aliphatic heterocycles. The number of hydrogen-bond acceptors (Lipinski definition) is 3. The molecule has 0 spiro atoms. The first-order valence-electron chi connectivity index (χ1n) is 3.48. The van der Waals surface area contributed by atoms with Crippen molar-refractivity contribution in [2.75, 3.05) is 6.26 Å². The Hall–Kier alpha value is -1.36. The molecule has 70 valence electrons. The van der Waals surface area contributed by atoms with Crippen molar-refractivity contribution in [2.45, 2.75) is 4.90 Å². The molecule has 0 saturated heterocycles. The van der Waals surface area contributed by atoms with Crippen LogP contribution in [0.3, 0.4) is 0 Å². The first-order valence-corrected chi connectivity index (χ1v) is 5.45. The molecule has 13 heavy (non-hydrogen) atoms. The van der Waals surface area contributed by atoms with Gasteiger partial charge < -0.3 is 5.11 Å². The zero-order valence-electron chi connectivity index (χ0n) is 6.98. The highest BCUT2D eigenvalue weighted by Crippen LogP contribution is 2.10. The number of carboxylic acid groups (broad SMARTS) is 1. The Morgan fingerprint density at radius 3 is 2.15 bits per heavy atom. The Bertz CT molecular complexity index is 419. The molecule has 0 heterocycles. The summed E-state index contributed by atoms with van der Waals surface area (Å²) in [5.41, 5.74) is 0.132. The Balaban J connectivity index is 3.16. The van der Waals surface area contributed by atoms with Crippen molar-refractivity contribution in [3.05, 3.63) is 29.8 Å². The normalized spacial score (nSPS) is 14.8. The van der Waals surface area contributed by atoms with Gasteiger partial charge in [-0.2, -0.15) is 0 Å². The zero-order chi connectivity index (χ0) is 10.1. The molecule has 5 heteroatoms. The summed E-state index contributed by atoms with van der Waals surface area (Å²) in [5.74, 6) is -1.03. The van der Waals surface area contributed by atoms with Gasteiger partial charge in [0.25, 0.3) is 0 Å². The summed E-state index contributed by atoms with van der Waals surface area (Å²) in [5, 5.41) is 8.56. The van der Waals surface area contributed by atoms with E-state index in [0.29, 0.717) is 4.90 Å². The van der Waals surface area contributed by atoms with Crippen molar-refractivity contribution < 1.29 is 14.1 Å². The van der Waals surface area contributed by atoms with E-state index in [1.165, 1.54) is 30.5 Å². The van der Waals surface area contributed by atoms with Crippen LogP contribution in [0.25, 0.3) is 0 Å². The second-order valence-electron chi connectivity index (χ2n) is 2.67. The summed E-state index contributed by atoms with van der Waals surface area (Å²) >= 11 is 0. The van der Waals surface area contributed by atoms with Gasteiger partial charge in [0, 0.05) is 11.2 Å². The van der Waals surface area contributed by atoms with Gasteiger partial charge in [0.05, 0.1) is 15.3 Å². The molecule has 0 aliphatic carbocycles. The zero-order valence-corrected chi connectivity index (χ0v) is 7.80. The van der Waals surface area contributed by atoms with Crippen LogP contribution in [0.15, 0.2) is 29.2 Å². The standard InChI is InChI=1S/C8H9NO3S/c1-13(9,12)7-4-2-6(3-5-7)8(10)11/h2-5,9H,1H3,(H,10,11). The summed E-state index contributed by atoms with van der Waals surface area (Å²) in [6, 6.07) is 5.49. The summed E-state index contributed by atoms with van der Waals surface area (Å²) in [6.07, 6.45) is 1.29. The second-order valence-corrected chi connectivity index (χ2v) is 4.83. The van der Waals surface area contributed by atoms with E-state index in [1.807, 2.05) is 0 Å². The van der Waals surface area contributed by atoms with Gasteiger partial charge in [-0.3, -0.25) is 0 Å². The number of hydrogen-bond donors (Lipinski definition) is 2. The highest BCUT2D eigenvalue weighted by molar-refractivity contribution is 7.91. The number of carboxylic acids is 1. The Morgan fingerprint density at radius 1 is 1.38 bits per heavy atom. The van der Waals surface area contributed by atoms with Crippen LogP contribution in [0.5, 0.6) is 0 Å². The maximum Gasteiger partial charge on any atom is 0.335 e. The fourth-order valence-corrected chi connectivity index (χ4v) is 1.51. The maximum absolute atomic E-state index is 11.2. The molecule has 0 aliphatic rings. The molecular formula is C8H9NO3S. The first kappa shape index (κ1) is 9.73. The average molecular weight is 199 g/mol. The molecule has 0 bridgehead atoms. The molecule has 1 aromatic carbocycles. The molecule has 1 aromatic rings. The average Bonchev–Trinajstić information content (AvgIpc) is 2.03. The van der Waals surface area contributed by atoms with Crippen molar-refractivity contribution in [1.82, 2.24) is 0 Å². The van der Waals surface area contributed by atoms with Crippen LogP contribution in [0.1, 0.15) is 10.4 Å². The third-order valence-corrected chi connectivity index (χ3v) is 2.72. The van der Waals surface area contributed by atoms with Gasteiger partial charge in [0.15, 0.2) is 0 Å². The maximum atomic E-state index is 11.2. The van der Waals surface area contributed by atoms with Crippen LogP contribution >= 0.6 is 0 Å². The second kappa shape index (κ2) is 3.18. The minimum atomic E-state index is -2.74. The topological polar surface area (TPSA) is 78.2 Å². The Kier molecular flexibility index (Phi) is 2.38. The van der Waals surface area contributed by atoms with E-state index in [0.717, 1.165) is 0 Å². The predicted molar refractivity (Wildman–Crippen MR) is 48.5 cm³/mol. The van der Waals surface area contributed by atoms with Gasteiger partial charge in [-0.1, -0.05) is 0 Å². The van der Waals surface area contributed by atoms with E-state index >= 15 is 0 Å². The summed E-state index contributed by atoms with van der Waals surface area (Å²) in [7, 11) is -2.74. The highest BCUT2D eigenvalue weighted by Gasteiger charge is 2.05. The van der Waals surface area contributed by atoms with E-state index < -0.39 is 15.7 Å². The molecule has 2 N–H and O–H groups in total. The minimum absolute atomic E-state index is 0.132. The number of rotatable bonds is 2. The third-order valence-electron chi connectivity index (χ3n) is 1.55. The lowest BCUT2D eigenvalue weighted by atomic mass is 10.2. The summed E-state index contributed by atoms with van der Waals surface area (Å²) < 4.78 is 18.4. The first-order chi connectivity index (χ1) is 5.91. The van der Waals surface area contributed by atoms with Crippen molar-refractivity contribution in [2.24, 2.45) is 0 Å². The van der Waals surface area contributed by atoms with Crippen LogP contribution in [-0.2, 0) is 9.73 Å². The number of aromatic carboxylic acids is 1. The lowest BCUT2D eigenvalue weighted by Gasteiger charge is -2.00. The lowest BCUT2D eigenvalue weighted by molar-refractivity contribution is 0.0697. The van der Waals surface area contributed by atoms with Crippen LogP contribution in [0, 0.1) is 4.78 Å². The number of nitrogens with one attached hydrogen (secondary N) is 1. The van der Waals surface area contributed by atoms with Gasteiger partial charge in [-0.15, -0.1) is 0 Å². The number of benzene rings is 1. The summed E-state index contributed by atoms with van der Waals surface area (Å²) in [6.45, 7) is 0. The SMILES string of the molecule is CS(=N)(=O)c1ccc(C(=O)O)cc1. The van der Waals surface area contributed by atoms with Crippen LogP contribution in [-0.4, -0.2) is 21.5 Å². The van der Waals surface area contributed by atoms with Gasteiger partial charge in [-0.25, -0.2) is 13.8 Å². The Morgan fingerprint density at radius 2 is 1.85 bits per heavy atom. The van der Waals surface area contributed by atoms with Crippen molar-refractivity contribution in [1.29, 1.82) is 4.78 Å². The van der Waals surface area contributed by atoms with Gasteiger partial charge in [-0.05, 0) is 24.3 Å². The van der Waals surface area contributed by atoms with Crippen molar-refractivity contribution in [3.8, 4) is 0 Å². The van der Waals surface area contributed by atoms with Crippen molar-refractivity contribution >= 4 is 15.7 Å².